The Balaban J connectivity index is 0. The molecule has 0 aromatic heterocycles. The smallest absolute Gasteiger partial charge is 0.113 e. The van der Waals surface area contributed by atoms with Crippen LogP contribution < -0.4 is 0 Å². The quantitative estimate of drug-likeness (QED) is 0.359. The second kappa shape index (κ2) is 8.79. The van der Waals surface area contributed by atoms with Crippen molar-refractivity contribution in [1.82, 2.24) is 0 Å². The third kappa shape index (κ3) is 7.64. The van der Waals surface area contributed by atoms with E-state index in [1.165, 1.54) is 20.8 Å². The monoisotopic (exact) mass is 254 g/mol. The molecule has 0 aromatic rings. The molecule has 6 nitrogen and oxygen atoms in total. The molecule has 17 heavy (non-hydrogen) atoms. The summed E-state index contributed by atoms with van der Waals surface area (Å²) in [6, 6.07) is 0. The lowest BCUT2D eigenvalue weighted by Crippen LogP contribution is -2.43. The van der Waals surface area contributed by atoms with Gasteiger partial charge in [0.15, 0.2) is 0 Å². The van der Waals surface area contributed by atoms with Gasteiger partial charge in [-0.3, -0.25) is 0 Å². The third-order valence-electron chi connectivity index (χ3n) is 2.65. The second-order valence-electron chi connectivity index (χ2n) is 4.26. The Morgan fingerprint density at radius 1 is 0.941 bits per heavy atom. The molecule has 0 saturated heterocycles. The highest BCUT2D eigenvalue weighted by Gasteiger charge is 2.29. The summed E-state index contributed by atoms with van der Waals surface area (Å²) in [6.45, 7) is 5.64. The lowest BCUT2D eigenvalue weighted by atomic mass is 9.96. The molecule has 0 spiro atoms. The van der Waals surface area contributed by atoms with Crippen LogP contribution in [0, 0.1) is 0 Å². The molecule has 0 aliphatic rings. The molecule has 4 unspecified atom stereocenters. The second-order valence-corrected chi connectivity index (χ2v) is 4.26. The Labute approximate surface area is 102 Å². The fourth-order valence-electron chi connectivity index (χ4n) is 0.942. The maximum atomic E-state index is 9.21. The molecule has 0 aliphatic carbocycles. The van der Waals surface area contributed by atoms with Crippen molar-refractivity contribution < 1.29 is 30.6 Å². The molecule has 0 fully saturated rings. The fourth-order valence-corrected chi connectivity index (χ4v) is 0.942. The molecule has 4 atom stereocenters. The number of aliphatic hydroxyl groups is 6. The zero-order chi connectivity index (χ0) is 14.2. The molecule has 0 aromatic carbocycles. The fraction of sp³-hybridized carbons (Fsp3) is 1.00. The van der Waals surface area contributed by atoms with Crippen LogP contribution in [0.2, 0.25) is 0 Å². The SMILES string of the molecule is CC(O)C(O)C(C)O.CCC(O)(CO)C(C)O. The molecule has 0 radical (unpaired) electrons. The predicted octanol–water partition coefficient (Wildman–Crippen LogP) is -1.39. The van der Waals surface area contributed by atoms with E-state index in [1.54, 1.807) is 6.92 Å². The van der Waals surface area contributed by atoms with E-state index in [9.17, 15) is 5.11 Å². The predicted molar refractivity (Wildman–Crippen MR) is 63.4 cm³/mol. The van der Waals surface area contributed by atoms with Crippen LogP contribution in [0.1, 0.15) is 34.1 Å². The van der Waals surface area contributed by atoms with Crippen LogP contribution in [0.4, 0.5) is 0 Å². The minimum absolute atomic E-state index is 0.362. The van der Waals surface area contributed by atoms with Crippen molar-refractivity contribution in [2.24, 2.45) is 0 Å². The third-order valence-corrected chi connectivity index (χ3v) is 2.65. The van der Waals surface area contributed by atoms with Crippen LogP contribution in [0.25, 0.3) is 0 Å². The van der Waals surface area contributed by atoms with Gasteiger partial charge in [-0.2, -0.15) is 0 Å². The largest absolute Gasteiger partial charge is 0.393 e. The van der Waals surface area contributed by atoms with Crippen molar-refractivity contribution in [3.05, 3.63) is 0 Å². The molecule has 0 aliphatic heterocycles. The summed E-state index contributed by atoms with van der Waals surface area (Å²) >= 11 is 0. The van der Waals surface area contributed by atoms with E-state index in [0.717, 1.165) is 0 Å². The first-order chi connectivity index (χ1) is 7.62. The summed E-state index contributed by atoms with van der Waals surface area (Å²) in [4.78, 5) is 0. The maximum Gasteiger partial charge on any atom is 0.113 e. The zero-order valence-electron chi connectivity index (χ0n) is 10.9. The normalized spacial score (nSPS) is 21.5. The van der Waals surface area contributed by atoms with Gasteiger partial charge >= 0.3 is 0 Å². The van der Waals surface area contributed by atoms with E-state index in [0.29, 0.717) is 6.42 Å². The summed E-state index contributed by atoms with van der Waals surface area (Å²) in [6.07, 6.45) is -3.23. The van der Waals surface area contributed by atoms with Crippen LogP contribution in [-0.2, 0) is 0 Å². The Kier molecular flexibility index (Phi) is 9.88. The lowest BCUT2D eigenvalue weighted by Gasteiger charge is -2.26. The van der Waals surface area contributed by atoms with Crippen molar-refractivity contribution in [2.75, 3.05) is 6.61 Å². The molecule has 0 saturated carbocycles. The summed E-state index contributed by atoms with van der Waals surface area (Å²) in [7, 11) is 0. The van der Waals surface area contributed by atoms with Crippen LogP contribution in [-0.4, -0.2) is 67.3 Å². The Morgan fingerprint density at radius 3 is 1.29 bits per heavy atom. The van der Waals surface area contributed by atoms with Crippen molar-refractivity contribution in [3.63, 3.8) is 0 Å². The number of aliphatic hydroxyl groups excluding tert-OH is 5. The van der Waals surface area contributed by atoms with Gasteiger partial charge in [-0.25, -0.2) is 0 Å². The van der Waals surface area contributed by atoms with Crippen LogP contribution in [0.3, 0.4) is 0 Å². The average molecular weight is 254 g/mol. The van der Waals surface area contributed by atoms with E-state index in [1.807, 2.05) is 0 Å². The highest BCUT2D eigenvalue weighted by Crippen LogP contribution is 2.13. The van der Waals surface area contributed by atoms with Gasteiger partial charge in [-0.15, -0.1) is 0 Å². The van der Waals surface area contributed by atoms with Gasteiger partial charge in [0.1, 0.15) is 11.7 Å². The van der Waals surface area contributed by atoms with E-state index in [-0.39, 0.29) is 6.61 Å². The van der Waals surface area contributed by atoms with Gasteiger partial charge in [0.05, 0.1) is 24.9 Å². The topological polar surface area (TPSA) is 121 Å². The van der Waals surface area contributed by atoms with E-state index in [2.05, 4.69) is 0 Å². The molecule has 6 N–H and O–H groups in total. The van der Waals surface area contributed by atoms with Crippen molar-refractivity contribution in [3.8, 4) is 0 Å². The zero-order valence-corrected chi connectivity index (χ0v) is 10.9. The Morgan fingerprint density at radius 2 is 1.29 bits per heavy atom. The lowest BCUT2D eigenvalue weighted by molar-refractivity contribution is -0.0991. The van der Waals surface area contributed by atoms with Gasteiger partial charge in [0, 0.05) is 0 Å². The van der Waals surface area contributed by atoms with E-state index >= 15 is 0 Å². The first kappa shape index (κ1) is 19.1. The van der Waals surface area contributed by atoms with Gasteiger partial charge in [-0.1, -0.05) is 6.92 Å². The first-order valence-corrected chi connectivity index (χ1v) is 5.67. The molecule has 0 bridgehead atoms. The Hall–Kier alpha value is -0.240. The van der Waals surface area contributed by atoms with Gasteiger partial charge in [-0.05, 0) is 27.2 Å². The minimum atomic E-state index is -1.31. The maximum absolute atomic E-state index is 9.21. The van der Waals surface area contributed by atoms with Crippen molar-refractivity contribution >= 4 is 0 Å². The van der Waals surface area contributed by atoms with E-state index < -0.39 is 30.0 Å². The summed E-state index contributed by atoms with van der Waals surface area (Å²) in [5.41, 5.74) is -1.31. The number of hydrogen-bond acceptors (Lipinski definition) is 6. The summed E-state index contributed by atoms with van der Waals surface area (Å²) in [5, 5.41) is 52.5. The highest BCUT2D eigenvalue weighted by molar-refractivity contribution is 4.80. The number of hydrogen-bond donors (Lipinski definition) is 6. The van der Waals surface area contributed by atoms with Crippen LogP contribution in [0.15, 0.2) is 0 Å². The van der Waals surface area contributed by atoms with E-state index in [4.69, 9.17) is 25.5 Å². The standard InChI is InChI=1S/C6H14O3.C5H12O3/c1-3-6(9,4-7)5(2)8;1-3(6)5(8)4(2)7/h5,7-9H,3-4H2,1-2H3;3-8H,1-2H3. The van der Waals surface area contributed by atoms with Crippen LogP contribution >= 0.6 is 0 Å². The van der Waals surface area contributed by atoms with Gasteiger partial charge in [0.2, 0.25) is 0 Å². The van der Waals surface area contributed by atoms with Crippen molar-refractivity contribution in [1.29, 1.82) is 0 Å². The molecular formula is C11H26O6. The van der Waals surface area contributed by atoms with Crippen LogP contribution in [0.5, 0.6) is 0 Å². The molecule has 106 valence electrons. The molecule has 0 rings (SSSR count). The summed E-state index contributed by atoms with van der Waals surface area (Å²) < 4.78 is 0. The first-order valence-electron chi connectivity index (χ1n) is 5.67. The summed E-state index contributed by atoms with van der Waals surface area (Å²) in [5.74, 6) is 0. The Bertz CT molecular complexity index is 169. The highest BCUT2D eigenvalue weighted by atomic mass is 16.4. The molecular weight excluding hydrogens is 228 g/mol. The minimum Gasteiger partial charge on any atom is -0.393 e. The molecule has 6 heteroatoms. The average Bonchev–Trinajstić information content (AvgIpc) is 2.27. The number of rotatable bonds is 5. The van der Waals surface area contributed by atoms with Gasteiger partial charge in [0.25, 0.3) is 0 Å². The van der Waals surface area contributed by atoms with Gasteiger partial charge < -0.3 is 30.6 Å². The molecule has 0 heterocycles. The van der Waals surface area contributed by atoms with Crippen molar-refractivity contribution in [2.45, 2.75) is 64.1 Å². The molecule has 0 amide bonds.